The van der Waals surface area contributed by atoms with Crippen LogP contribution in [0.25, 0.3) is 21.9 Å². The lowest BCUT2D eigenvalue weighted by Gasteiger charge is -2.45. The second-order valence-corrected chi connectivity index (χ2v) is 10.5. The van der Waals surface area contributed by atoms with Crippen molar-refractivity contribution in [3.05, 3.63) is 79.2 Å². The molecule has 0 spiro atoms. The molecule has 1 amide bonds. The molecule has 11 heteroatoms. The highest BCUT2D eigenvalue weighted by atomic mass is 19.1. The second kappa shape index (κ2) is 10.0. The number of carbonyl (C=O) groups is 1. The van der Waals surface area contributed by atoms with Gasteiger partial charge in [0.2, 0.25) is 5.91 Å². The van der Waals surface area contributed by atoms with Gasteiger partial charge in [0, 0.05) is 49.8 Å². The number of amides is 1. The number of imidazole rings is 1. The minimum atomic E-state index is -0.442. The van der Waals surface area contributed by atoms with Gasteiger partial charge in [-0.3, -0.25) is 4.79 Å². The van der Waals surface area contributed by atoms with Gasteiger partial charge in [0.05, 0.1) is 40.3 Å². The molecule has 0 aliphatic carbocycles. The number of nitrogens with one attached hydrogen (secondary N) is 1. The first-order chi connectivity index (χ1) is 20.4. The predicted octanol–water partition coefficient (Wildman–Crippen LogP) is 5.10. The smallest absolute Gasteiger partial charge is 0.246 e. The molecular formula is C31H28FN7O3. The van der Waals surface area contributed by atoms with Crippen LogP contribution in [0, 0.1) is 12.7 Å². The summed E-state index contributed by atoms with van der Waals surface area (Å²) in [6, 6.07) is 12.8. The SMILES string of the molecule is C=CC(=O)N1CCN2c3cc4c(Nc5ccc(Oc6ccc7c(c6)ncn7C)c(C)c5F)ncnc4cc3OCC2C1. The van der Waals surface area contributed by atoms with Crippen LogP contribution in [0.4, 0.5) is 21.6 Å². The monoisotopic (exact) mass is 565 g/mol. The number of carbonyl (C=O) groups excluding carboxylic acids is 1. The molecule has 0 bridgehead atoms. The lowest BCUT2D eigenvalue weighted by molar-refractivity contribution is -0.127. The molecule has 212 valence electrons. The van der Waals surface area contributed by atoms with Gasteiger partial charge in [-0.25, -0.2) is 19.3 Å². The van der Waals surface area contributed by atoms with Gasteiger partial charge in [-0.15, -0.1) is 0 Å². The quantitative estimate of drug-likeness (QED) is 0.294. The molecule has 4 heterocycles. The fourth-order valence-corrected chi connectivity index (χ4v) is 5.65. The number of nitrogens with zero attached hydrogens (tertiary/aromatic N) is 6. The number of aryl methyl sites for hydroxylation is 1. The molecule has 42 heavy (non-hydrogen) atoms. The van der Waals surface area contributed by atoms with Crippen LogP contribution >= 0.6 is 0 Å². The van der Waals surface area contributed by atoms with Gasteiger partial charge < -0.3 is 29.2 Å². The van der Waals surface area contributed by atoms with E-state index in [1.807, 2.05) is 41.9 Å². The lowest BCUT2D eigenvalue weighted by atomic mass is 10.1. The topological polar surface area (TPSA) is 97.6 Å². The first-order valence-electron chi connectivity index (χ1n) is 13.6. The molecule has 2 aromatic heterocycles. The average Bonchev–Trinajstić information content (AvgIpc) is 3.38. The Kier molecular flexibility index (Phi) is 6.14. The Bertz CT molecular complexity index is 1890. The van der Waals surface area contributed by atoms with Gasteiger partial charge in [0.25, 0.3) is 0 Å². The summed E-state index contributed by atoms with van der Waals surface area (Å²) in [7, 11) is 1.93. The fourth-order valence-electron chi connectivity index (χ4n) is 5.65. The summed E-state index contributed by atoms with van der Waals surface area (Å²) in [6.45, 7) is 7.54. The third-order valence-corrected chi connectivity index (χ3v) is 7.94. The maximum atomic E-state index is 15.7. The Morgan fingerprint density at radius 3 is 2.88 bits per heavy atom. The van der Waals surface area contributed by atoms with Gasteiger partial charge >= 0.3 is 0 Å². The molecule has 7 rings (SSSR count). The summed E-state index contributed by atoms with van der Waals surface area (Å²) in [5.74, 6) is 1.65. The summed E-state index contributed by atoms with van der Waals surface area (Å²) < 4.78 is 29.7. The normalized spacial score (nSPS) is 16.1. The van der Waals surface area contributed by atoms with E-state index in [0.29, 0.717) is 54.6 Å². The Morgan fingerprint density at radius 1 is 1.14 bits per heavy atom. The molecule has 1 saturated heterocycles. The number of fused-ring (bicyclic) bond motifs is 5. The van der Waals surface area contributed by atoms with Crippen LogP contribution in [0.1, 0.15) is 5.56 Å². The van der Waals surface area contributed by atoms with Crippen molar-refractivity contribution in [2.45, 2.75) is 13.0 Å². The third kappa shape index (κ3) is 4.33. The molecule has 1 fully saturated rings. The maximum absolute atomic E-state index is 15.7. The highest BCUT2D eigenvalue weighted by Crippen LogP contribution is 2.40. The van der Waals surface area contributed by atoms with Crippen LogP contribution in [0.3, 0.4) is 0 Å². The molecule has 10 nitrogen and oxygen atoms in total. The molecule has 1 N–H and O–H groups in total. The molecule has 0 radical (unpaired) electrons. The van der Waals surface area contributed by atoms with Crippen molar-refractivity contribution in [2.75, 3.05) is 36.5 Å². The zero-order chi connectivity index (χ0) is 29.0. The molecule has 3 aromatic carbocycles. The molecule has 0 saturated carbocycles. The summed E-state index contributed by atoms with van der Waals surface area (Å²) in [5.41, 5.74) is 3.98. The van der Waals surface area contributed by atoms with Gasteiger partial charge in [0.1, 0.15) is 36.0 Å². The average molecular weight is 566 g/mol. The molecule has 1 atom stereocenters. The number of ether oxygens (including phenoxy) is 2. The van der Waals surface area contributed by atoms with Crippen LogP contribution in [0.15, 0.2) is 67.8 Å². The second-order valence-electron chi connectivity index (χ2n) is 10.5. The maximum Gasteiger partial charge on any atom is 0.246 e. The van der Waals surface area contributed by atoms with Crippen molar-refractivity contribution in [1.82, 2.24) is 24.4 Å². The van der Waals surface area contributed by atoms with Crippen LogP contribution in [0.5, 0.6) is 17.2 Å². The number of benzene rings is 3. The van der Waals surface area contributed by atoms with E-state index in [1.165, 1.54) is 12.4 Å². The van der Waals surface area contributed by atoms with Crippen molar-refractivity contribution in [3.63, 3.8) is 0 Å². The first kappa shape index (κ1) is 25.8. The van der Waals surface area contributed by atoms with Crippen molar-refractivity contribution >= 4 is 45.0 Å². The Hall–Kier alpha value is -5.19. The largest absolute Gasteiger partial charge is 0.489 e. The standard InChI is InChI=1S/C31H28FN7O3/c1-4-29(40)38-9-10-39-19(14-38)15-41-28-13-23-21(12-26(28)39)31(34-16-33-23)36-22-6-8-27(18(2)30(22)32)42-20-5-7-25-24(11-20)35-17-37(25)3/h4-8,11-13,16-17,19H,1,9-10,14-15H2,2-3H3,(H,33,34,36). The van der Waals surface area contributed by atoms with Gasteiger partial charge in [-0.1, -0.05) is 6.58 Å². The van der Waals surface area contributed by atoms with Crippen LogP contribution < -0.4 is 19.7 Å². The van der Waals surface area contributed by atoms with Gasteiger partial charge in [-0.2, -0.15) is 0 Å². The third-order valence-electron chi connectivity index (χ3n) is 7.94. The molecule has 2 aliphatic rings. The molecular weight excluding hydrogens is 537 g/mol. The van der Waals surface area contributed by atoms with Gasteiger partial charge in [0.15, 0.2) is 5.82 Å². The summed E-state index contributed by atoms with van der Waals surface area (Å²) in [6.07, 6.45) is 4.53. The minimum Gasteiger partial charge on any atom is -0.489 e. The van der Waals surface area contributed by atoms with E-state index in [1.54, 1.807) is 30.3 Å². The van der Waals surface area contributed by atoms with Crippen molar-refractivity contribution in [3.8, 4) is 17.2 Å². The van der Waals surface area contributed by atoms with E-state index in [9.17, 15) is 4.79 Å². The highest BCUT2D eigenvalue weighted by Gasteiger charge is 2.34. The number of anilines is 3. The van der Waals surface area contributed by atoms with E-state index in [-0.39, 0.29) is 17.6 Å². The highest BCUT2D eigenvalue weighted by molar-refractivity contribution is 5.95. The molecule has 5 aromatic rings. The minimum absolute atomic E-state index is 0.0136. The van der Waals surface area contributed by atoms with E-state index in [2.05, 4.69) is 31.7 Å². The number of hydrogen-bond donors (Lipinski definition) is 1. The zero-order valence-corrected chi connectivity index (χ0v) is 23.2. The summed E-state index contributed by atoms with van der Waals surface area (Å²) >= 11 is 0. The molecule has 2 aliphatic heterocycles. The van der Waals surface area contributed by atoms with Crippen molar-refractivity contribution in [1.29, 1.82) is 0 Å². The number of rotatable bonds is 5. The Morgan fingerprint density at radius 2 is 2.02 bits per heavy atom. The van der Waals surface area contributed by atoms with Crippen molar-refractivity contribution in [2.24, 2.45) is 7.05 Å². The number of halogens is 1. The summed E-state index contributed by atoms with van der Waals surface area (Å²) in [4.78, 5) is 29.5. The summed E-state index contributed by atoms with van der Waals surface area (Å²) in [5, 5.41) is 3.89. The number of piperazine rings is 1. The van der Waals surface area contributed by atoms with Crippen LogP contribution in [-0.4, -0.2) is 62.6 Å². The Labute approximate surface area is 241 Å². The van der Waals surface area contributed by atoms with Gasteiger partial charge in [-0.05, 0) is 43.3 Å². The fraction of sp³-hybridized carbons (Fsp3) is 0.226. The number of aromatic nitrogens is 4. The van der Waals surface area contributed by atoms with E-state index < -0.39 is 5.82 Å². The Balaban J connectivity index is 1.17. The first-order valence-corrected chi connectivity index (χ1v) is 13.6. The molecule has 1 unspecified atom stereocenters. The zero-order valence-electron chi connectivity index (χ0n) is 23.2. The predicted molar refractivity (Wildman–Crippen MR) is 158 cm³/mol. The van der Waals surface area contributed by atoms with Crippen LogP contribution in [0.2, 0.25) is 0 Å². The van der Waals surface area contributed by atoms with Crippen molar-refractivity contribution < 1.29 is 18.7 Å². The lowest BCUT2D eigenvalue weighted by Crippen LogP contribution is -2.58. The van der Waals surface area contributed by atoms with Crippen LogP contribution in [-0.2, 0) is 11.8 Å². The number of hydrogen-bond acceptors (Lipinski definition) is 8. The van der Waals surface area contributed by atoms with E-state index >= 15 is 4.39 Å². The van der Waals surface area contributed by atoms with E-state index in [0.717, 1.165) is 27.9 Å². The van der Waals surface area contributed by atoms with E-state index in [4.69, 9.17) is 9.47 Å².